The molecule has 4 heterocycles. The average Bonchev–Trinajstić information content (AvgIpc) is 3.43. The Morgan fingerprint density at radius 3 is 3.00 bits per heavy atom. The summed E-state index contributed by atoms with van der Waals surface area (Å²) in [5, 5.41) is 19.2. The number of thioether (sulfide) groups is 1. The molecule has 2 N–H and O–H groups in total. The fourth-order valence-electron chi connectivity index (χ4n) is 4.04. The first kappa shape index (κ1) is 22.7. The Hall–Kier alpha value is -3.03. The smallest absolute Gasteiger partial charge is 0.264 e. The van der Waals surface area contributed by atoms with Crippen LogP contribution in [0.4, 0.5) is 11.6 Å². The lowest BCUT2D eigenvalue weighted by molar-refractivity contribution is -0.127. The molecular weight excluding hydrogens is 472 g/mol. The van der Waals surface area contributed by atoms with E-state index in [9.17, 15) is 10.1 Å². The molecule has 1 amide bonds. The van der Waals surface area contributed by atoms with Gasteiger partial charge in [-0.05, 0) is 38.5 Å². The molecule has 5 rings (SSSR count). The van der Waals surface area contributed by atoms with Crippen molar-refractivity contribution in [1.29, 1.82) is 5.26 Å². The highest BCUT2D eigenvalue weighted by atomic mass is 35.5. The van der Waals surface area contributed by atoms with Gasteiger partial charge in [0.05, 0.1) is 22.3 Å². The number of aromatic amines is 1. The van der Waals surface area contributed by atoms with E-state index in [0.717, 1.165) is 48.3 Å². The molecule has 1 atom stereocenters. The summed E-state index contributed by atoms with van der Waals surface area (Å²) in [5.74, 6) is 0.670. The number of amides is 1. The molecule has 3 aromatic rings. The number of rotatable bonds is 7. The van der Waals surface area contributed by atoms with Crippen LogP contribution in [0.15, 0.2) is 35.3 Å². The van der Waals surface area contributed by atoms with Crippen molar-refractivity contribution < 1.29 is 4.79 Å². The van der Waals surface area contributed by atoms with E-state index in [4.69, 9.17) is 16.6 Å². The van der Waals surface area contributed by atoms with Gasteiger partial charge in [0.15, 0.2) is 0 Å². The SMILES string of the molecule is CCn1cc(Nc2nc(SC3CCCN(C(=O)/C(C#N)=C/C4CC4)C3)c3c(Cl)c[nH]c3n2)cn1. The number of carbonyl (C=O) groups is 1. The largest absolute Gasteiger partial charge is 0.344 e. The molecule has 0 aromatic carbocycles. The van der Waals surface area contributed by atoms with Gasteiger partial charge in [-0.1, -0.05) is 17.7 Å². The maximum Gasteiger partial charge on any atom is 0.264 e. The number of nitriles is 1. The molecule has 11 heteroatoms. The fourth-order valence-corrected chi connectivity index (χ4v) is 5.65. The third kappa shape index (κ3) is 4.91. The lowest BCUT2D eigenvalue weighted by Gasteiger charge is -2.32. The molecule has 2 fully saturated rings. The summed E-state index contributed by atoms with van der Waals surface area (Å²) in [6.45, 7) is 4.02. The first-order valence-electron chi connectivity index (χ1n) is 11.5. The van der Waals surface area contributed by atoms with Crippen molar-refractivity contribution in [3.63, 3.8) is 0 Å². The van der Waals surface area contributed by atoms with Gasteiger partial charge in [0, 0.05) is 37.3 Å². The highest BCUT2D eigenvalue weighted by molar-refractivity contribution is 8.00. The Morgan fingerprint density at radius 2 is 2.26 bits per heavy atom. The Kier molecular flexibility index (Phi) is 6.48. The summed E-state index contributed by atoms with van der Waals surface area (Å²) >= 11 is 8.06. The number of aromatic nitrogens is 5. The normalized spacial score (nSPS) is 18.8. The Bertz CT molecular complexity index is 1290. The maximum absolute atomic E-state index is 13.0. The molecule has 1 aliphatic heterocycles. The molecule has 0 spiro atoms. The molecule has 1 unspecified atom stereocenters. The molecule has 0 bridgehead atoms. The van der Waals surface area contributed by atoms with Gasteiger partial charge >= 0.3 is 0 Å². The Morgan fingerprint density at radius 1 is 1.41 bits per heavy atom. The molecule has 0 radical (unpaired) electrons. The predicted octanol–water partition coefficient (Wildman–Crippen LogP) is 4.51. The van der Waals surface area contributed by atoms with Crippen molar-refractivity contribution in [2.75, 3.05) is 18.4 Å². The van der Waals surface area contributed by atoms with E-state index in [0.29, 0.717) is 35.6 Å². The van der Waals surface area contributed by atoms with Crippen LogP contribution in [-0.4, -0.2) is 53.9 Å². The predicted molar refractivity (Wildman–Crippen MR) is 132 cm³/mol. The van der Waals surface area contributed by atoms with Crippen molar-refractivity contribution in [3.8, 4) is 6.07 Å². The minimum Gasteiger partial charge on any atom is -0.344 e. The number of allylic oxidation sites excluding steroid dienone is 1. The Balaban J connectivity index is 1.36. The van der Waals surface area contributed by atoms with E-state index in [1.165, 1.54) is 0 Å². The first-order chi connectivity index (χ1) is 16.5. The van der Waals surface area contributed by atoms with E-state index >= 15 is 0 Å². The summed E-state index contributed by atoms with van der Waals surface area (Å²) in [4.78, 5) is 27.2. The van der Waals surface area contributed by atoms with E-state index in [1.807, 2.05) is 23.9 Å². The monoisotopic (exact) mass is 496 g/mol. The lowest BCUT2D eigenvalue weighted by Crippen LogP contribution is -2.41. The molecule has 3 aromatic heterocycles. The zero-order valence-corrected chi connectivity index (χ0v) is 20.4. The van der Waals surface area contributed by atoms with Crippen LogP contribution in [0.1, 0.15) is 32.6 Å². The molecule has 1 saturated heterocycles. The van der Waals surface area contributed by atoms with E-state index in [2.05, 4.69) is 26.5 Å². The van der Waals surface area contributed by atoms with E-state index in [-0.39, 0.29) is 16.7 Å². The summed E-state index contributed by atoms with van der Waals surface area (Å²) in [6, 6.07) is 2.11. The number of hydrogen-bond donors (Lipinski definition) is 2. The van der Waals surface area contributed by atoms with Gasteiger partial charge in [-0.25, -0.2) is 4.98 Å². The van der Waals surface area contributed by atoms with Gasteiger partial charge in [-0.3, -0.25) is 9.48 Å². The number of fused-ring (bicyclic) bond motifs is 1. The number of hydrogen-bond acceptors (Lipinski definition) is 7. The standard InChI is InChI=1S/C23H25ClN8OS/c1-2-32-12-16(10-27-32)28-23-29-20-19(18(24)11-26-20)21(30-23)34-17-4-3-7-31(13-17)22(33)15(9-25)8-14-5-6-14/h8,10-12,14,17H,2-7,13H2,1H3,(H2,26,28,29,30)/b15-8+. The third-order valence-electron chi connectivity index (χ3n) is 5.98. The highest BCUT2D eigenvalue weighted by Gasteiger charge is 2.29. The van der Waals surface area contributed by atoms with Crippen molar-refractivity contribution in [2.45, 2.75) is 49.4 Å². The zero-order valence-electron chi connectivity index (χ0n) is 18.8. The van der Waals surface area contributed by atoms with Crippen LogP contribution in [0.5, 0.6) is 0 Å². The first-order valence-corrected chi connectivity index (χ1v) is 12.7. The van der Waals surface area contributed by atoms with E-state index < -0.39 is 0 Å². The van der Waals surface area contributed by atoms with Gasteiger partial charge in [-0.15, -0.1) is 11.8 Å². The quantitative estimate of drug-likeness (QED) is 0.281. The van der Waals surface area contributed by atoms with Crippen molar-refractivity contribution in [3.05, 3.63) is 35.3 Å². The van der Waals surface area contributed by atoms with Crippen LogP contribution in [0.2, 0.25) is 5.02 Å². The Labute approximate surface area is 206 Å². The number of H-pyrrole nitrogens is 1. The van der Waals surface area contributed by atoms with Crippen LogP contribution in [0.3, 0.4) is 0 Å². The molecule has 1 saturated carbocycles. The van der Waals surface area contributed by atoms with Gasteiger partial charge < -0.3 is 15.2 Å². The van der Waals surface area contributed by atoms with Crippen molar-refractivity contribution >= 4 is 51.9 Å². The lowest BCUT2D eigenvalue weighted by atomic mass is 10.1. The number of nitrogens with one attached hydrogen (secondary N) is 2. The molecule has 1 aliphatic carbocycles. The fraction of sp³-hybridized carbons (Fsp3) is 0.435. The number of anilines is 2. The third-order valence-corrected chi connectivity index (χ3v) is 7.52. The van der Waals surface area contributed by atoms with E-state index in [1.54, 1.807) is 29.1 Å². The second-order valence-corrected chi connectivity index (χ2v) is 10.3. The van der Waals surface area contributed by atoms with Gasteiger partial charge in [0.25, 0.3) is 5.91 Å². The molecule has 2 aliphatic rings. The average molecular weight is 497 g/mol. The minimum atomic E-state index is -0.164. The van der Waals surface area contributed by atoms with Gasteiger partial charge in [0.1, 0.15) is 22.3 Å². The summed E-state index contributed by atoms with van der Waals surface area (Å²) in [7, 11) is 0. The summed E-state index contributed by atoms with van der Waals surface area (Å²) in [6.07, 6.45) is 11.1. The summed E-state index contributed by atoms with van der Waals surface area (Å²) < 4.78 is 1.82. The number of aryl methyl sites for hydroxylation is 1. The maximum atomic E-state index is 13.0. The molecule has 9 nitrogen and oxygen atoms in total. The van der Waals surface area contributed by atoms with Crippen LogP contribution < -0.4 is 5.32 Å². The molecule has 34 heavy (non-hydrogen) atoms. The number of likely N-dealkylation sites (tertiary alicyclic amines) is 1. The highest BCUT2D eigenvalue weighted by Crippen LogP contribution is 2.37. The second-order valence-electron chi connectivity index (χ2n) is 8.59. The van der Waals surface area contributed by atoms with Crippen LogP contribution in [0.25, 0.3) is 11.0 Å². The number of halogens is 1. The van der Waals surface area contributed by atoms with Gasteiger partial charge in [-0.2, -0.15) is 15.3 Å². The summed E-state index contributed by atoms with van der Waals surface area (Å²) in [5.41, 5.74) is 1.72. The van der Waals surface area contributed by atoms with Gasteiger partial charge in [0.2, 0.25) is 5.95 Å². The van der Waals surface area contributed by atoms with Crippen molar-refractivity contribution in [1.82, 2.24) is 29.6 Å². The topological polar surface area (TPSA) is 116 Å². The van der Waals surface area contributed by atoms with Crippen LogP contribution >= 0.6 is 23.4 Å². The zero-order chi connectivity index (χ0) is 23.7. The second kappa shape index (κ2) is 9.68. The number of carbonyl (C=O) groups excluding carboxylic acids is 1. The number of nitrogens with zero attached hydrogens (tertiary/aromatic N) is 6. The minimum absolute atomic E-state index is 0.137. The molecule has 176 valence electrons. The number of piperidine rings is 1. The van der Waals surface area contributed by atoms with Crippen LogP contribution in [0, 0.1) is 17.2 Å². The van der Waals surface area contributed by atoms with Crippen LogP contribution in [-0.2, 0) is 11.3 Å². The van der Waals surface area contributed by atoms with Crippen molar-refractivity contribution in [2.24, 2.45) is 5.92 Å². The molecular formula is C23H25ClN8OS.